The van der Waals surface area contributed by atoms with E-state index in [0.717, 1.165) is 37.1 Å². The molecule has 3 N–H and O–H groups in total. The van der Waals surface area contributed by atoms with Gasteiger partial charge in [-0.1, -0.05) is 25.1 Å². The molecule has 0 fully saturated rings. The minimum Gasteiger partial charge on any atom is -0.314 e. The summed E-state index contributed by atoms with van der Waals surface area (Å²) in [5, 5.41) is 9.49. The first-order chi connectivity index (χ1) is 9.46. The summed E-state index contributed by atoms with van der Waals surface area (Å²) in [6.07, 6.45) is 4.33. The van der Waals surface area contributed by atoms with Crippen LogP contribution >= 0.6 is 11.8 Å². The van der Waals surface area contributed by atoms with E-state index in [1.165, 1.54) is 0 Å². The second kappa shape index (κ2) is 8.08. The number of aromatic amines is 1. The Kier molecular flexibility index (Phi) is 6.76. The van der Waals surface area contributed by atoms with Gasteiger partial charge in [0.05, 0.1) is 6.07 Å². The molecule has 1 aromatic rings. The molecule has 1 atom stereocenters. The van der Waals surface area contributed by atoms with E-state index >= 15 is 0 Å². The highest BCUT2D eigenvalue weighted by molar-refractivity contribution is 7.99. The summed E-state index contributed by atoms with van der Waals surface area (Å²) < 4.78 is 0. The van der Waals surface area contributed by atoms with Crippen molar-refractivity contribution >= 4 is 11.8 Å². The fraction of sp³-hybridized carbons (Fsp3) is 0.643. The van der Waals surface area contributed by atoms with E-state index < -0.39 is 5.54 Å². The quantitative estimate of drug-likeness (QED) is 0.435. The van der Waals surface area contributed by atoms with Crippen LogP contribution in [0, 0.1) is 11.3 Å². The van der Waals surface area contributed by atoms with Crippen molar-refractivity contribution in [2.75, 3.05) is 5.75 Å². The molecule has 0 saturated carbocycles. The molecule has 1 heterocycles. The van der Waals surface area contributed by atoms with Gasteiger partial charge in [0.25, 0.3) is 5.56 Å². The average molecular weight is 294 g/mol. The van der Waals surface area contributed by atoms with Crippen LogP contribution in [0.1, 0.15) is 45.2 Å². The molecule has 0 aliphatic carbocycles. The normalized spacial score (nSPS) is 13.7. The molecule has 0 radical (unpaired) electrons. The predicted octanol–water partition coefficient (Wildman–Crippen LogP) is 2.23. The van der Waals surface area contributed by atoms with Gasteiger partial charge in [-0.05, 0) is 32.6 Å². The number of hydrogen-bond acceptors (Lipinski definition) is 5. The smallest absolute Gasteiger partial charge is 0.251 e. The van der Waals surface area contributed by atoms with Crippen LogP contribution in [0.3, 0.4) is 0 Å². The number of thioether (sulfide) groups is 1. The SMILES string of the molecule is CCCc1cc(=O)[nH]c(SCCCCC(C)(N)C#N)n1. The fourth-order valence-corrected chi connectivity index (χ4v) is 2.65. The average Bonchev–Trinajstić information content (AvgIpc) is 2.38. The first-order valence-electron chi connectivity index (χ1n) is 6.90. The standard InChI is InChI=1S/C14H22N4OS/c1-3-6-11-9-12(19)18-13(17-11)20-8-5-4-7-14(2,16)10-15/h9H,3-8,16H2,1-2H3,(H,17,18,19). The van der Waals surface area contributed by atoms with E-state index in [9.17, 15) is 4.79 Å². The second-order valence-corrected chi connectivity index (χ2v) is 6.21. The largest absolute Gasteiger partial charge is 0.314 e. The molecule has 0 bridgehead atoms. The van der Waals surface area contributed by atoms with E-state index in [1.807, 2.05) is 0 Å². The monoisotopic (exact) mass is 294 g/mol. The molecular weight excluding hydrogens is 272 g/mol. The molecule has 0 aliphatic heterocycles. The lowest BCUT2D eigenvalue weighted by atomic mass is 9.99. The number of rotatable bonds is 8. The third kappa shape index (κ3) is 6.22. The Balaban J connectivity index is 2.39. The molecule has 0 aromatic carbocycles. The lowest BCUT2D eigenvalue weighted by Crippen LogP contribution is -2.33. The van der Waals surface area contributed by atoms with Crippen LogP contribution in [0.15, 0.2) is 16.0 Å². The van der Waals surface area contributed by atoms with Gasteiger partial charge >= 0.3 is 0 Å². The predicted molar refractivity (Wildman–Crippen MR) is 81.6 cm³/mol. The number of hydrogen-bond donors (Lipinski definition) is 2. The van der Waals surface area contributed by atoms with Crippen LogP contribution in [0.2, 0.25) is 0 Å². The number of aryl methyl sites for hydroxylation is 1. The number of unbranched alkanes of at least 4 members (excludes halogenated alkanes) is 1. The van der Waals surface area contributed by atoms with Crippen molar-refractivity contribution in [3.63, 3.8) is 0 Å². The Morgan fingerprint density at radius 3 is 2.95 bits per heavy atom. The second-order valence-electron chi connectivity index (χ2n) is 5.13. The molecule has 0 aliphatic rings. The molecule has 1 aromatic heterocycles. The van der Waals surface area contributed by atoms with Crippen LogP contribution in [-0.2, 0) is 6.42 Å². The summed E-state index contributed by atoms with van der Waals surface area (Å²) >= 11 is 1.54. The third-order valence-electron chi connectivity index (χ3n) is 2.86. The number of nitriles is 1. The number of aromatic nitrogens is 2. The highest BCUT2D eigenvalue weighted by Crippen LogP contribution is 2.16. The molecule has 110 valence electrons. The zero-order chi connectivity index (χ0) is 15.0. The lowest BCUT2D eigenvalue weighted by Gasteiger charge is -2.14. The van der Waals surface area contributed by atoms with Gasteiger partial charge in [-0.25, -0.2) is 4.98 Å². The molecule has 0 spiro atoms. The zero-order valence-electron chi connectivity index (χ0n) is 12.1. The van der Waals surface area contributed by atoms with E-state index in [4.69, 9.17) is 11.0 Å². The minimum absolute atomic E-state index is 0.0926. The van der Waals surface area contributed by atoms with E-state index in [-0.39, 0.29) is 5.56 Å². The number of nitrogens with two attached hydrogens (primary N) is 1. The summed E-state index contributed by atoms with van der Waals surface area (Å²) in [5.41, 5.74) is 5.77. The van der Waals surface area contributed by atoms with E-state index in [0.29, 0.717) is 11.6 Å². The first-order valence-corrected chi connectivity index (χ1v) is 7.88. The van der Waals surface area contributed by atoms with Crippen molar-refractivity contribution in [2.45, 2.75) is 56.6 Å². The van der Waals surface area contributed by atoms with E-state index in [2.05, 4.69) is 23.0 Å². The molecular formula is C14H22N4OS. The Labute approximate surface area is 124 Å². The topological polar surface area (TPSA) is 95.6 Å². The molecule has 20 heavy (non-hydrogen) atoms. The van der Waals surface area contributed by atoms with Crippen molar-refractivity contribution in [3.05, 3.63) is 22.1 Å². The summed E-state index contributed by atoms with van der Waals surface area (Å²) in [6, 6.07) is 3.65. The molecule has 0 saturated heterocycles. The van der Waals surface area contributed by atoms with Gasteiger partial charge in [-0.15, -0.1) is 0 Å². The Morgan fingerprint density at radius 1 is 1.55 bits per heavy atom. The Hall–Kier alpha value is -1.32. The Morgan fingerprint density at radius 2 is 2.30 bits per heavy atom. The summed E-state index contributed by atoms with van der Waals surface area (Å²) in [7, 11) is 0. The molecule has 1 rings (SSSR count). The van der Waals surface area contributed by atoms with Crippen molar-refractivity contribution in [2.24, 2.45) is 5.73 Å². The summed E-state index contributed by atoms with van der Waals surface area (Å²) in [4.78, 5) is 18.6. The van der Waals surface area contributed by atoms with Crippen LogP contribution in [0.5, 0.6) is 0 Å². The highest BCUT2D eigenvalue weighted by Gasteiger charge is 2.15. The van der Waals surface area contributed by atoms with Crippen LogP contribution in [0.4, 0.5) is 0 Å². The van der Waals surface area contributed by atoms with Crippen molar-refractivity contribution in [3.8, 4) is 6.07 Å². The minimum atomic E-state index is -0.738. The van der Waals surface area contributed by atoms with Crippen LogP contribution < -0.4 is 11.3 Å². The maximum Gasteiger partial charge on any atom is 0.251 e. The van der Waals surface area contributed by atoms with Crippen molar-refractivity contribution in [1.82, 2.24) is 9.97 Å². The molecule has 1 unspecified atom stereocenters. The zero-order valence-corrected chi connectivity index (χ0v) is 12.9. The number of nitrogens with zero attached hydrogens (tertiary/aromatic N) is 2. The van der Waals surface area contributed by atoms with Gasteiger partial charge in [-0.3, -0.25) is 4.79 Å². The van der Waals surface area contributed by atoms with Gasteiger partial charge in [0, 0.05) is 17.5 Å². The van der Waals surface area contributed by atoms with Crippen LogP contribution in [0.25, 0.3) is 0 Å². The van der Waals surface area contributed by atoms with Gasteiger partial charge in [0.1, 0.15) is 5.54 Å². The lowest BCUT2D eigenvalue weighted by molar-refractivity contribution is 0.518. The number of nitrogens with one attached hydrogen (secondary N) is 1. The maximum absolute atomic E-state index is 11.5. The van der Waals surface area contributed by atoms with Crippen molar-refractivity contribution in [1.29, 1.82) is 5.26 Å². The third-order valence-corrected chi connectivity index (χ3v) is 3.82. The molecule has 0 amide bonds. The van der Waals surface area contributed by atoms with Crippen molar-refractivity contribution < 1.29 is 0 Å². The molecule has 6 heteroatoms. The summed E-state index contributed by atoms with van der Waals surface area (Å²) in [5.74, 6) is 0.861. The Bertz CT molecular complexity index is 519. The van der Waals surface area contributed by atoms with E-state index in [1.54, 1.807) is 24.8 Å². The van der Waals surface area contributed by atoms with Gasteiger partial charge in [0.15, 0.2) is 5.16 Å². The highest BCUT2D eigenvalue weighted by atomic mass is 32.2. The fourth-order valence-electron chi connectivity index (χ4n) is 1.76. The van der Waals surface area contributed by atoms with Crippen LogP contribution in [-0.4, -0.2) is 21.3 Å². The number of H-pyrrole nitrogens is 1. The maximum atomic E-state index is 11.5. The summed E-state index contributed by atoms with van der Waals surface area (Å²) in [6.45, 7) is 3.81. The van der Waals surface area contributed by atoms with Gasteiger partial charge in [0.2, 0.25) is 0 Å². The van der Waals surface area contributed by atoms with Gasteiger partial charge in [-0.2, -0.15) is 5.26 Å². The first kappa shape index (κ1) is 16.7. The van der Waals surface area contributed by atoms with Gasteiger partial charge < -0.3 is 10.7 Å². The molecule has 5 nitrogen and oxygen atoms in total.